The van der Waals surface area contributed by atoms with Gasteiger partial charge in [0.1, 0.15) is 5.69 Å². The largest absolute Gasteiger partial charge is 0.282 e. The average Bonchev–Trinajstić information content (AvgIpc) is 3.26. The second-order valence-corrected chi connectivity index (χ2v) is 9.01. The molecule has 0 N–H and O–H groups in total. The first kappa shape index (κ1) is 20.8. The summed E-state index contributed by atoms with van der Waals surface area (Å²) in [7, 11) is 0. The molecule has 166 valence electrons. The van der Waals surface area contributed by atoms with Crippen LogP contribution in [0.2, 0.25) is 5.02 Å². The quantitative estimate of drug-likeness (QED) is 0.298. The lowest BCUT2D eigenvalue weighted by atomic mass is 9.97. The van der Waals surface area contributed by atoms with Gasteiger partial charge in [-0.05, 0) is 34.9 Å². The molecule has 0 spiro atoms. The van der Waals surface area contributed by atoms with Crippen LogP contribution in [0.5, 0.6) is 0 Å². The fourth-order valence-electron chi connectivity index (χ4n) is 4.83. The topological polar surface area (TPSA) is 34.0 Å². The number of benzene rings is 4. The fraction of sp³-hybridized carbons (Fsp3) is 0.103. The van der Waals surface area contributed by atoms with E-state index in [0.29, 0.717) is 0 Å². The maximum atomic E-state index is 6.28. The van der Waals surface area contributed by atoms with Crippen molar-refractivity contribution in [1.29, 1.82) is 0 Å². The van der Waals surface area contributed by atoms with Gasteiger partial charge in [0.2, 0.25) is 0 Å². The van der Waals surface area contributed by atoms with E-state index in [1.165, 1.54) is 11.1 Å². The van der Waals surface area contributed by atoms with Gasteiger partial charge < -0.3 is 0 Å². The summed E-state index contributed by atoms with van der Waals surface area (Å²) in [6.45, 7) is 1.58. The molecule has 0 saturated heterocycles. The number of fused-ring (bicyclic) bond motifs is 3. The van der Waals surface area contributed by atoms with Crippen molar-refractivity contribution in [3.8, 4) is 16.9 Å². The van der Waals surface area contributed by atoms with Crippen LogP contribution in [0.15, 0.2) is 109 Å². The van der Waals surface area contributed by atoms with Gasteiger partial charge in [0.05, 0.1) is 17.4 Å². The van der Waals surface area contributed by atoms with Crippen LogP contribution in [-0.4, -0.2) is 19.9 Å². The molecular formula is C29H23ClN4. The summed E-state index contributed by atoms with van der Waals surface area (Å²) in [5.41, 5.74) is 7.74. The SMILES string of the molecule is Clc1ccc([C@H]2c3c(-c4ccccc4)nnn3-c3ccccc3CN2Cc2ccccc2)cc1. The predicted molar refractivity (Wildman–Crippen MR) is 136 cm³/mol. The van der Waals surface area contributed by atoms with E-state index >= 15 is 0 Å². The summed E-state index contributed by atoms with van der Waals surface area (Å²) in [5.74, 6) is 0. The van der Waals surface area contributed by atoms with Crippen molar-refractivity contribution in [2.75, 3.05) is 0 Å². The Balaban J connectivity index is 1.61. The van der Waals surface area contributed by atoms with E-state index in [4.69, 9.17) is 16.7 Å². The molecule has 6 rings (SSSR count). The summed E-state index contributed by atoms with van der Waals surface area (Å²) in [5, 5.41) is 10.1. The lowest BCUT2D eigenvalue weighted by Gasteiger charge is -2.31. The normalized spacial score (nSPS) is 15.4. The number of nitrogens with zero attached hydrogens (tertiary/aromatic N) is 4. The molecule has 1 aliphatic heterocycles. The molecule has 5 heteroatoms. The van der Waals surface area contributed by atoms with Gasteiger partial charge in [-0.3, -0.25) is 4.90 Å². The van der Waals surface area contributed by atoms with Crippen LogP contribution in [0, 0.1) is 0 Å². The van der Waals surface area contributed by atoms with Crippen molar-refractivity contribution in [2.45, 2.75) is 19.1 Å². The van der Waals surface area contributed by atoms with Gasteiger partial charge >= 0.3 is 0 Å². The van der Waals surface area contributed by atoms with E-state index in [-0.39, 0.29) is 6.04 Å². The van der Waals surface area contributed by atoms with Crippen molar-refractivity contribution in [2.24, 2.45) is 0 Å². The van der Waals surface area contributed by atoms with Crippen LogP contribution in [0.1, 0.15) is 28.4 Å². The molecular weight excluding hydrogens is 440 g/mol. The maximum absolute atomic E-state index is 6.28. The van der Waals surface area contributed by atoms with Gasteiger partial charge in [0, 0.05) is 23.7 Å². The molecule has 2 heterocycles. The lowest BCUT2D eigenvalue weighted by Crippen LogP contribution is -2.29. The van der Waals surface area contributed by atoms with E-state index in [2.05, 4.69) is 89.0 Å². The highest BCUT2D eigenvalue weighted by atomic mass is 35.5. The summed E-state index contributed by atoms with van der Waals surface area (Å²) in [6, 6.07) is 37.5. The lowest BCUT2D eigenvalue weighted by molar-refractivity contribution is 0.207. The van der Waals surface area contributed by atoms with Gasteiger partial charge in [-0.2, -0.15) is 0 Å². The zero-order valence-electron chi connectivity index (χ0n) is 18.6. The van der Waals surface area contributed by atoms with E-state index in [1.54, 1.807) is 0 Å². The van der Waals surface area contributed by atoms with Gasteiger partial charge in [-0.1, -0.05) is 108 Å². The van der Waals surface area contributed by atoms with Crippen LogP contribution >= 0.6 is 11.6 Å². The zero-order chi connectivity index (χ0) is 22.9. The molecule has 0 saturated carbocycles. The first-order valence-corrected chi connectivity index (χ1v) is 11.8. The van der Waals surface area contributed by atoms with Gasteiger partial charge in [0.15, 0.2) is 0 Å². The third kappa shape index (κ3) is 3.81. The Hall–Kier alpha value is -3.73. The smallest absolute Gasteiger partial charge is 0.118 e. The number of halogens is 1. The number of hydrogen-bond acceptors (Lipinski definition) is 3. The Morgan fingerprint density at radius 1 is 0.765 bits per heavy atom. The Labute approximate surface area is 204 Å². The van der Waals surface area contributed by atoms with Gasteiger partial charge in [-0.25, -0.2) is 4.68 Å². The molecule has 34 heavy (non-hydrogen) atoms. The molecule has 0 amide bonds. The van der Waals surface area contributed by atoms with E-state index in [9.17, 15) is 0 Å². The van der Waals surface area contributed by atoms with Crippen molar-refractivity contribution in [3.63, 3.8) is 0 Å². The molecule has 5 aromatic rings. The highest BCUT2D eigenvalue weighted by Crippen LogP contribution is 2.40. The van der Waals surface area contributed by atoms with Crippen molar-refractivity contribution >= 4 is 11.6 Å². The van der Waals surface area contributed by atoms with Crippen molar-refractivity contribution < 1.29 is 0 Å². The van der Waals surface area contributed by atoms with Crippen LogP contribution in [0.3, 0.4) is 0 Å². The van der Waals surface area contributed by atoms with Gasteiger partial charge in [0.25, 0.3) is 0 Å². The Morgan fingerprint density at radius 3 is 2.21 bits per heavy atom. The van der Waals surface area contributed by atoms with Crippen LogP contribution in [-0.2, 0) is 13.1 Å². The highest BCUT2D eigenvalue weighted by Gasteiger charge is 2.34. The van der Waals surface area contributed by atoms with E-state index in [0.717, 1.165) is 46.3 Å². The first-order valence-electron chi connectivity index (χ1n) is 11.4. The first-order chi connectivity index (χ1) is 16.8. The minimum absolute atomic E-state index is 0.0601. The number of hydrogen-bond donors (Lipinski definition) is 0. The standard InChI is InChI=1S/C29H23ClN4/c30-25-17-15-23(16-18-25)28-29-27(22-11-5-2-6-12-22)31-32-34(29)26-14-8-7-13-24(26)20-33(28)19-21-9-3-1-4-10-21/h1-18,28H,19-20H2/t28-/m0/s1. The molecule has 0 unspecified atom stereocenters. The summed E-state index contributed by atoms with van der Waals surface area (Å²) in [4.78, 5) is 2.51. The van der Waals surface area contributed by atoms with E-state index in [1.807, 2.05) is 35.0 Å². The van der Waals surface area contributed by atoms with Gasteiger partial charge in [-0.15, -0.1) is 5.10 Å². The number of aromatic nitrogens is 3. The molecule has 0 radical (unpaired) electrons. The second-order valence-electron chi connectivity index (χ2n) is 8.57. The van der Waals surface area contributed by atoms with Crippen molar-refractivity contribution in [1.82, 2.24) is 19.9 Å². The number of rotatable bonds is 4. The maximum Gasteiger partial charge on any atom is 0.118 e. The summed E-state index contributed by atoms with van der Waals surface area (Å²) in [6.07, 6.45) is 0. The zero-order valence-corrected chi connectivity index (χ0v) is 19.3. The monoisotopic (exact) mass is 462 g/mol. The third-order valence-electron chi connectivity index (χ3n) is 6.38. The third-order valence-corrected chi connectivity index (χ3v) is 6.64. The van der Waals surface area contributed by atoms with Crippen LogP contribution < -0.4 is 0 Å². The fourth-order valence-corrected chi connectivity index (χ4v) is 4.95. The molecule has 0 fully saturated rings. The Morgan fingerprint density at radius 2 is 1.44 bits per heavy atom. The van der Waals surface area contributed by atoms with Crippen molar-refractivity contribution in [3.05, 3.63) is 137 Å². The molecule has 1 atom stereocenters. The molecule has 1 aromatic heterocycles. The minimum atomic E-state index is -0.0601. The summed E-state index contributed by atoms with van der Waals surface area (Å²) >= 11 is 6.28. The average molecular weight is 463 g/mol. The molecule has 4 nitrogen and oxygen atoms in total. The molecule has 4 aromatic carbocycles. The Bertz CT molecular complexity index is 1410. The predicted octanol–water partition coefficient (Wildman–Crippen LogP) is 6.69. The number of para-hydroxylation sites is 1. The molecule has 1 aliphatic rings. The minimum Gasteiger partial charge on any atom is -0.282 e. The van der Waals surface area contributed by atoms with Crippen LogP contribution in [0.25, 0.3) is 16.9 Å². The van der Waals surface area contributed by atoms with E-state index < -0.39 is 0 Å². The van der Waals surface area contributed by atoms with Crippen LogP contribution in [0.4, 0.5) is 0 Å². The highest BCUT2D eigenvalue weighted by molar-refractivity contribution is 6.30. The Kier molecular flexibility index (Phi) is 5.46. The molecule has 0 bridgehead atoms. The molecule has 0 aliphatic carbocycles. The summed E-state index contributed by atoms with van der Waals surface area (Å²) < 4.78 is 2.03. The second kappa shape index (κ2) is 8.90.